The molecule has 2 aromatic carbocycles. The van der Waals surface area contributed by atoms with E-state index in [1.54, 1.807) is 12.4 Å². The van der Waals surface area contributed by atoms with Gasteiger partial charge in [0.2, 0.25) is 0 Å². The van der Waals surface area contributed by atoms with Gasteiger partial charge in [0, 0.05) is 12.1 Å². The minimum Gasteiger partial charge on any atom is -0.486 e. The van der Waals surface area contributed by atoms with Crippen molar-refractivity contribution in [3.8, 4) is 11.5 Å². The zero-order chi connectivity index (χ0) is 17.8. The van der Waals surface area contributed by atoms with Crippen LogP contribution >= 0.6 is 0 Å². The lowest BCUT2D eigenvalue weighted by atomic mass is 10.1. The molecule has 0 saturated heterocycles. The quantitative estimate of drug-likeness (QED) is 0.694. The summed E-state index contributed by atoms with van der Waals surface area (Å²) in [5, 5.41) is 2.92. The van der Waals surface area contributed by atoms with Gasteiger partial charge in [-0.2, -0.15) is 0 Å². The molecule has 1 aliphatic rings. The molecule has 1 aromatic heterocycles. The second-order valence-electron chi connectivity index (χ2n) is 5.98. The van der Waals surface area contributed by atoms with Gasteiger partial charge in [0.05, 0.1) is 17.4 Å². The molecule has 0 unspecified atom stereocenters. The normalized spacial score (nSPS) is 13.2. The van der Waals surface area contributed by atoms with E-state index in [1.165, 1.54) is 0 Å². The van der Waals surface area contributed by atoms with Crippen molar-refractivity contribution in [3.63, 3.8) is 0 Å². The van der Waals surface area contributed by atoms with E-state index in [1.807, 2.05) is 42.5 Å². The van der Waals surface area contributed by atoms with E-state index in [4.69, 9.17) is 9.47 Å². The van der Waals surface area contributed by atoms with E-state index >= 15 is 0 Å². The van der Waals surface area contributed by atoms with Gasteiger partial charge in [-0.25, -0.2) is 4.98 Å². The summed E-state index contributed by atoms with van der Waals surface area (Å²) in [5.74, 6) is 1.48. The van der Waals surface area contributed by atoms with Crippen LogP contribution < -0.4 is 14.8 Å². The average Bonchev–Trinajstić information content (AvgIpc) is 3.15. The Bertz CT molecular complexity index is 962. The molecular weight excluding hydrogens is 330 g/mol. The molecule has 1 aliphatic heterocycles. The number of aromatic amines is 1. The van der Waals surface area contributed by atoms with Crippen molar-refractivity contribution in [2.45, 2.75) is 6.42 Å². The number of aromatic nitrogens is 2. The summed E-state index contributed by atoms with van der Waals surface area (Å²) >= 11 is 0. The lowest BCUT2D eigenvalue weighted by molar-refractivity contribution is 0.0954. The molecule has 6 heteroatoms. The fraction of sp³-hybridized carbons (Fsp3) is 0.200. The molecule has 0 aliphatic carbocycles. The summed E-state index contributed by atoms with van der Waals surface area (Å²) in [4.78, 5) is 19.4. The minimum absolute atomic E-state index is 0.0887. The summed E-state index contributed by atoms with van der Waals surface area (Å²) in [5.41, 5.74) is 3.38. The van der Waals surface area contributed by atoms with E-state index in [0.717, 1.165) is 34.5 Å². The Hall–Kier alpha value is -3.28. The van der Waals surface area contributed by atoms with Crippen LogP contribution in [0.3, 0.4) is 0 Å². The highest BCUT2D eigenvalue weighted by atomic mass is 16.6. The first-order chi connectivity index (χ1) is 12.8. The summed E-state index contributed by atoms with van der Waals surface area (Å²) in [6.45, 7) is 1.74. The van der Waals surface area contributed by atoms with E-state index in [2.05, 4.69) is 15.3 Å². The Morgan fingerprint density at radius 2 is 2.04 bits per heavy atom. The predicted molar refractivity (Wildman–Crippen MR) is 99.5 cm³/mol. The van der Waals surface area contributed by atoms with Gasteiger partial charge in [-0.3, -0.25) is 4.79 Å². The molecule has 4 rings (SSSR count). The molecule has 2 N–H and O–H groups in total. The van der Waals surface area contributed by atoms with Crippen LogP contribution in [0, 0.1) is 0 Å². The molecule has 0 bridgehead atoms. The third kappa shape index (κ3) is 3.54. The fourth-order valence-corrected chi connectivity index (χ4v) is 2.83. The minimum atomic E-state index is -0.0887. The zero-order valence-corrected chi connectivity index (χ0v) is 14.2. The van der Waals surface area contributed by atoms with Crippen molar-refractivity contribution in [1.82, 2.24) is 15.3 Å². The molecule has 0 saturated carbocycles. The van der Waals surface area contributed by atoms with Gasteiger partial charge < -0.3 is 19.8 Å². The monoisotopic (exact) mass is 349 g/mol. The van der Waals surface area contributed by atoms with Gasteiger partial charge in [0.25, 0.3) is 5.91 Å². The van der Waals surface area contributed by atoms with Crippen LogP contribution in [0.2, 0.25) is 0 Å². The molecule has 132 valence electrons. The predicted octanol–water partition coefficient (Wildman–Crippen LogP) is 3.17. The maximum Gasteiger partial charge on any atom is 0.251 e. The number of nitrogens with zero attached hydrogens (tertiary/aromatic N) is 1. The Morgan fingerprint density at radius 1 is 1.15 bits per heavy atom. The summed E-state index contributed by atoms with van der Waals surface area (Å²) in [7, 11) is 0. The molecule has 0 spiro atoms. The average molecular weight is 349 g/mol. The van der Waals surface area contributed by atoms with Crippen molar-refractivity contribution in [3.05, 3.63) is 59.9 Å². The number of H-pyrrole nitrogens is 1. The first kappa shape index (κ1) is 16.2. The summed E-state index contributed by atoms with van der Waals surface area (Å²) in [6.07, 6.45) is 6.41. The van der Waals surface area contributed by atoms with Gasteiger partial charge in [0.15, 0.2) is 11.5 Å². The number of fused-ring (bicyclic) bond motifs is 2. The molecule has 6 nitrogen and oxygen atoms in total. The molecule has 0 atom stereocenters. The Morgan fingerprint density at radius 3 is 2.96 bits per heavy atom. The topological polar surface area (TPSA) is 76.2 Å². The van der Waals surface area contributed by atoms with Crippen molar-refractivity contribution >= 4 is 23.0 Å². The third-order valence-corrected chi connectivity index (χ3v) is 4.16. The number of hydrogen-bond donors (Lipinski definition) is 2. The first-order valence-corrected chi connectivity index (χ1v) is 8.57. The Labute approximate surface area is 150 Å². The van der Waals surface area contributed by atoms with Gasteiger partial charge in [-0.05, 0) is 42.3 Å². The lowest BCUT2D eigenvalue weighted by Gasteiger charge is -2.18. The largest absolute Gasteiger partial charge is 0.486 e. The van der Waals surface area contributed by atoms with Crippen LogP contribution in [-0.2, 0) is 0 Å². The number of carbonyl (C=O) groups excluding carboxylic acids is 1. The van der Waals surface area contributed by atoms with Crippen molar-refractivity contribution in [1.29, 1.82) is 0 Å². The van der Waals surface area contributed by atoms with Crippen LogP contribution in [0.15, 0.2) is 48.8 Å². The van der Waals surface area contributed by atoms with E-state index in [-0.39, 0.29) is 5.91 Å². The van der Waals surface area contributed by atoms with Gasteiger partial charge in [0.1, 0.15) is 13.2 Å². The number of hydrogen-bond acceptors (Lipinski definition) is 4. The molecule has 1 amide bonds. The first-order valence-electron chi connectivity index (χ1n) is 8.57. The summed E-state index contributed by atoms with van der Waals surface area (Å²) < 4.78 is 11.1. The van der Waals surface area contributed by atoms with Crippen LogP contribution in [0.5, 0.6) is 11.5 Å². The van der Waals surface area contributed by atoms with Gasteiger partial charge >= 0.3 is 0 Å². The second kappa shape index (κ2) is 7.31. The van der Waals surface area contributed by atoms with Crippen LogP contribution in [0.25, 0.3) is 17.1 Å². The van der Waals surface area contributed by atoms with Gasteiger partial charge in [-0.1, -0.05) is 18.2 Å². The van der Waals surface area contributed by atoms with Crippen LogP contribution in [-0.4, -0.2) is 35.6 Å². The molecular formula is C20H19N3O3. The highest BCUT2D eigenvalue weighted by Gasteiger charge is 2.10. The van der Waals surface area contributed by atoms with Gasteiger partial charge in [-0.15, -0.1) is 0 Å². The molecule has 0 radical (unpaired) electrons. The third-order valence-electron chi connectivity index (χ3n) is 4.16. The zero-order valence-electron chi connectivity index (χ0n) is 14.2. The van der Waals surface area contributed by atoms with E-state index in [0.29, 0.717) is 25.3 Å². The van der Waals surface area contributed by atoms with E-state index in [9.17, 15) is 4.79 Å². The van der Waals surface area contributed by atoms with E-state index < -0.39 is 0 Å². The smallest absolute Gasteiger partial charge is 0.251 e. The lowest BCUT2D eigenvalue weighted by Crippen LogP contribution is -2.24. The fourth-order valence-electron chi connectivity index (χ4n) is 2.83. The molecule has 26 heavy (non-hydrogen) atoms. The van der Waals surface area contributed by atoms with Crippen LogP contribution in [0.1, 0.15) is 22.3 Å². The molecule has 3 aromatic rings. The van der Waals surface area contributed by atoms with Crippen molar-refractivity contribution in [2.75, 3.05) is 19.8 Å². The molecule has 0 fully saturated rings. The number of amides is 1. The number of nitrogens with one attached hydrogen (secondary N) is 2. The second-order valence-corrected chi connectivity index (χ2v) is 5.98. The number of benzene rings is 2. The van der Waals surface area contributed by atoms with Crippen LogP contribution in [0.4, 0.5) is 0 Å². The maximum atomic E-state index is 12.2. The SMILES string of the molecule is O=C(NCC/C=C/c1ccc2c(c1)OCCO2)c1ccc2nc[nH]c2c1. The Kier molecular flexibility index (Phi) is 4.55. The highest BCUT2D eigenvalue weighted by molar-refractivity contribution is 5.97. The maximum absolute atomic E-state index is 12.2. The summed E-state index contributed by atoms with van der Waals surface area (Å²) in [6, 6.07) is 11.3. The van der Waals surface area contributed by atoms with Crippen molar-refractivity contribution in [2.24, 2.45) is 0 Å². The Balaban J connectivity index is 1.29. The molecule has 2 heterocycles. The standard InChI is InChI=1S/C20H19N3O3/c24-20(15-5-6-16-17(12-15)23-13-22-16)21-8-2-1-3-14-4-7-18-19(11-14)26-10-9-25-18/h1,3-7,11-13H,2,8-10H2,(H,21,24)(H,22,23)/b3-1+. The number of imidazole rings is 1. The number of ether oxygens (including phenoxy) is 2. The number of rotatable bonds is 5. The highest BCUT2D eigenvalue weighted by Crippen LogP contribution is 2.31. The number of carbonyl (C=O) groups is 1. The van der Waals surface area contributed by atoms with Crippen molar-refractivity contribution < 1.29 is 14.3 Å².